The summed E-state index contributed by atoms with van der Waals surface area (Å²) in [5, 5.41) is 11.4. The molecule has 0 aromatic carbocycles. The Bertz CT molecular complexity index is 397. The highest BCUT2D eigenvalue weighted by atomic mass is 16.5. The quantitative estimate of drug-likeness (QED) is 0.363. The van der Waals surface area contributed by atoms with Gasteiger partial charge in [-0.25, -0.2) is 4.98 Å². The summed E-state index contributed by atoms with van der Waals surface area (Å²) in [6, 6.07) is 5.16. The van der Waals surface area contributed by atoms with E-state index in [2.05, 4.69) is 30.9 Å². The summed E-state index contributed by atoms with van der Waals surface area (Å²) in [7, 11) is 0. The molecule has 1 rings (SSSR count). The summed E-state index contributed by atoms with van der Waals surface area (Å²) in [4.78, 5) is 4.13. The van der Waals surface area contributed by atoms with Crippen molar-refractivity contribution in [3.63, 3.8) is 0 Å². The van der Waals surface area contributed by atoms with Gasteiger partial charge in [0.25, 0.3) is 0 Å². The molecule has 0 saturated carbocycles. The Balaban J connectivity index is 2.61. The first-order chi connectivity index (χ1) is 7.92. The fourth-order valence-corrected chi connectivity index (χ4v) is 1.15. The Morgan fingerprint density at radius 3 is 2.76 bits per heavy atom. The average molecular weight is 237 g/mol. The molecule has 17 heavy (non-hydrogen) atoms. The van der Waals surface area contributed by atoms with Crippen LogP contribution in [-0.2, 0) is 0 Å². The largest absolute Gasteiger partial charge is 0.478 e. The van der Waals surface area contributed by atoms with E-state index in [9.17, 15) is 0 Å². The predicted octanol–water partition coefficient (Wildman–Crippen LogP) is 1.99. The van der Waals surface area contributed by atoms with Crippen LogP contribution in [0.2, 0.25) is 0 Å². The first kappa shape index (κ1) is 13.3. The number of ether oxygens (including phenoxy) is 1. The third kappa shape index (κ3) is 4.72. The fourth-order valence-electron chi connectivity index (χ4n) is 1.15. The minimum absolute atomic E-state index is 0.0220. The van der Waals surface area contributed by atoms with Crippen molar-refractivity contribution in [2.24, 2.45) is 16.3 Å². The molecule has 0 radical (unpaired) electrons. The highest BCUT2D eigenvalue weighted by Crippen LogP contribution is 2.18. The molecule has 0 bridgehead atoms. The van der Waals surface area contributed by atoms with E-state index in [1.54, 1.807) is 18.2 Å². The van der Waals surface area contributed by atoms with Crippen LogP contribution in [0.3, 0.4) is 0 Å². The van der Waals surface area contributed by atoms with E-state index in [0.717, 1.165) is 6.42 Å². The van der Waals surface area contributed by atoms with Crippen molar-refractivity contribution in [1.82, 2.24) is 4.98 Å². The van der Waals surface area contributed by atoms with Crippen LogP contribution < -0.4 is 10.5 Å². The molecular weight excluding hydrogens is 218 g/mol. The highest BCUT2D eigenvalue weighted by Gasteiger charge is 2.10. The lowest BCUT2D eigenvalue weighted by atomic mass is 9.93. The Morgan fingerprint density at radius 2 is 2.18 bits per heavy atom. The topological polar surface area (TPSA) is 80.7 Å². The second kappa shape index (κ2) is 5.52. The van der Waals surface area contributed by atoms with E-state index in [1.165, 1.54) is 0 Å². The minimum Gasteiger partial charge on any atom is -0.478 e. The van der Waals surface area contributed by atoms with Crippen molar-refractivity contribution in [2.75, 3.05) is 6.61 Å². The summed E-state index contributed by atoms with van der Waals surface area (Å²) in [6.45, 7) is 7.04. The van der Waals surface area contributed by atoms with Crippen LogP contribution in [0.15, 0.2) is 23.4 Å². The average Bonchev–Trinajstić information content (AvgIpc) is 2.27. The first-order valence-corrected chi connectivity index (χ1v) is 5.50. The zero-order chi connectivity index (χ0) is 12.9. The number of rotatable bonds is 4. The number of nitrogens with zero attached hydrogens (tertiary/aromatic N) is 2. The highest BCUT2D eigenvalue weighted by molar-refractivity contribution is 5.95. The first-order valence-electron chi connectivity index (χ1n) is 5.50. The van der Waals surface area contributed by atoms with Gasteiger partial charge in [0, 0.05) is 6.07 Å². The Morgan fingerprint density at radius 1 is 1.47 bits per heavy atom. The van der Waals surface area contributed by atoms with Gasteiger partial charge in [0.1, 0.15) is 5.69 Å². The van der Waals surface area contributed by atoms with Gasteiger partial charge in [-0.15, -0.1) is 0 Å². The van der Waals surface area contributed by atoms with Gasteiger partial charge in [0.05, 0.1) is 6.61 Å². The molecule has 1 aromatic heterocycles. The maximum atomic E-state index is 8.54. The third-order valence-corrected chi connectivity index (χ3v) is 2.20. The molecule has 0 aliphatic carbocycles. The molecule has 0 unspecified atom stereocenters. The molecule has 0 saturated heterocycles. The molecule has 5 nitrogen and oxygen atoms in total. The maximum Gasteiger partial charge on any atom is 0.213 e. The minimum atomic E-state index is -0.0220. The second-order valence-electron chi connectivity index (χ2n) is 5.01. The summed E-state index contributed by atoms with van der Waals surface area (Å²) in [5.41, 5.74) is 6.07. The van der Waals surface area contributed by atoms with E-state index in [0.29, 0.717) is 18.2 Å². The molecule has 3 N–H and O–H groups in total. The lowest BCUT2D eigenvalue weighted by Crippen LogP contribution is -2.16. The van der Waals surface area contributed by atoms with Gasteiger partial charge in [0.2, 0.25) is 5.88 Å². The van der Waals surface area contributed by atoms with E-state index >= 15 is 0 Å². The molecule has 1 heterocycles. The number of oxime groups is 1. The number of hydrogen-bond donors (Lipinski definition) is 2. The zero-order valence-electron chi connectivity index (χ0n) is 10.5. The molecule has 0 amide bonds. The Labute approximate surface area is 101 Å². The smallest absolute Gasteiger partial charge is 0.213 e. The van der Waals surface area contributed by atoms with E-state index in [4.69, 9.17) is 15.7 Å². The molecule has 0 fully saturated rings. The monoisotopic (exact) mass is 237 g/mol. The molecule has 0 spiro atoms. The van der Waals surface area contributed by atoms with Gasteiger partial charge in [-0.3, -0.25) is 0 Å². The normalized spacial score (nSPS) is 12.5. The van der Waals surface area contributed by atoms with E-state index in [-0.39, 0.29) is 11.3 Å². The summed E-state index contributed by atoms with van der Waals surface area (Å²) < 4.78 is 5.51. The number of aromatic nitrogens is 1. The summed E-state index contributed by atoms with van der Waals surface area (Å²) in [6.07, 6.45) is 0.933. The number of hydrogen-bond acceptors (Lipinski definition) is 4. The van der Waals surface area contributed by atoms with Gasteiger partial charge >= 0.3 is 0 Å². The van der Waals surface area contributed by atoms with Crippen molar-refractivity contribution < 1.29 is 9.94 Å². The number of nitrogens with two attached hydrogens (primary N) is 1. The van der Waals surface area contributed by atoms with Crippen LogP contribution in [0.5, 0.6) is 5.88 Å². The van der Waals surface area contributed by atoms with Crippen molar-refractivity contribution in [1.29, 1.82) is 0 Å². The van der Waals surface area contributed by atoms with Gasteiger partial charge in [-0.1, -0.05) is 32.0 Å². The van der Waals surface area contributed by atoms with Crippen molar-refractivity contribution >= 4 is 5.84 Å². The van der Waals surface area contributed by atoms with Crippen molar-refractivity contribution in [2.45, 2.75) is 27.2 Å². The van der Waals surface area contributed by atoms with Crippen molar-refractivity contribution in [3.8, 4) is 5.88 Å². The Kier molecular flexibility index (Phi) is 4.31. The van der Waals surface area contributed by atoms with Crippen LogP contribution in [0, 0.1) is 5.41 Å². The van der Waals surface area contributed by atoms with Gasteiger partial charge < -0.3 is 15.7 Å². The number of amidine groups is 1. The lowest BCUT2D eigenvalue weighted by molar-refractivity contribution is 0.236. The third-order valence-electron chi connectivity index (χ3n) is 2.20. The van der Waals surface area contributed by atoms with E-state index < -0.39 is 0 Å². The Hall–Kier alpha value is -1.78. The molecule has 94 valence electrons. The lowest BCUT2D eigenvalue weighted by Gasteiger charge is -2.17. The molecule has 0 aliphatic rings. The second-order valence-corrected chi connectivity index (χ2v) is 5.01. The molecule has 5 heteroatoms. The fraction of sp³-hybridized carbons (Fsp3) is 0.500. The SMILES string of the molecule is CC(C)(C)CCOc1cccc(C(N)=NO)n1. The van der Waals surface area contributed by atoms with Crippen molar-refractivity contribution in [3.05, 3.63) is 23.9 Å². The molecule has 0 aliphatic heterocycles. The van der Waals surface area contributed by atoms with E-state index in [1.807, 2.05) is 0 Å². The van der Waals surface area contributed by atoms with Crippen LogP contribution in [0.1, 0.15) is 32.9 Å². The standard InChI is InChI=1S/C12H19N3O2/c1-12(2,3)7-8-17-10-6-4-5-9(14-10)11(13)15-16/h4-6,16H,7-8H2,1-3H3,(H2,13,15). The van der Waals surface area contributed by atoms with Crippen LogP contribution in [0.4, 0.5) is 0 Å². The maximum absolute atomic E-state index is 8.54. The molecular formula is C12H19N3O2. The van der Waals surface area contributed by atoms with Gasteiger partial charge in [-0.2, -0.15) is 0 Å². The predicted molar refractivity (Wildman–Crippen MR) is 66.3 cm³/mol. The van der Waals surface area contributed by atoms with Crippen LogP contribution in [0.25, 0.3) is 0 Å². The molecule has 0 atom stereocenters. The van der Waals surface area contributed by atoms with Crippen LogP contribution >= 0.6 is 0 Å². The molecule has 1 aromatic rings. The van der Waals surface area contributed by atoms with Gasteiger partial charge in [-0.05, 0) is 17.9 Å². The van der Waals surface area contributed by atoms with Gasteiger partial charge in [0.15, 0.2) is 5.84 Å². The summed E-state index contributed by atoms with van der Waals surface area (Å²) in [5.74, 6) is 0.463. The van der Waals surface area contributed by atoms with Crippen LogP contribution in [-0.4, -0.2) is 22.6 Å². The summed E-state index contributed by atoms with van der Waals surface area (Å²) >= 11 is 0. The number of pyridine rings is 1. The zero-order valence-corrected chi connectivity index (χ0v) is 10.5.